The molecule has 0 atom stereocenters. The lowest BCUT2D eigenvalue weighted by atomic mass is 10.1. The molecule has 0 unspecified atom stereocenters. The van der Waals surface area contributed by atoms with E-state index in [-0.39, 0.29) is 5.91 Å². The van der Waals surface area contributed by atoms with Gasteiger partial charge < -0.3 is 5.32 Å². The van der Waals surface area contributed by atoms with Gasteiger partial charge in [0, 0.05) is 18.3 Å². The summed E-state index contributed by atoms with van der Waals surface area (Å²) in [4.78, 5) is 12.3. The highest BCUT2D eigenvalue weighted by atomic mass is 35.5. The van der Waals surface area contributed by atoms with E-state index in [4.69, 9.17) is 11.6 Å². The predicted octanol–water partition coefficient (Wildman–Crippen LogP) is 3.33. The zero-order valence-electron chi connectivity index (χ0n) is 13.0. The molecule has 3 aromatic rings. The zero-order chi connectivity index (χ0) is 16.6. The monoisotopic (exact) mass is 329 g/mol. The molecule has 2 N–H and O–H groups in total. The first-order chi connectivity index (χ1) is 11.0. The molecule has 6 nitrogen and oxygen atoms in total. The number of aromatic amines is 1. The minimum Gasteiger partial charge on any atom is -0.319 e. The molecule has 23 heavy (non-hydrogen) atoms. The lowest BCUT2D eigenvalue weighted by molar-refractivity contribution is 0.102. The van der Waals surface area contributed by atoms with Gasteiger partial charge in [-0.05, 0) is 32.0 Å². The predicted molar refractivity (Wildman–Crippen MR) is 89.7 cm³/mol. The van der Waals surface area contributed by atoms with Crippen LogP contribution in [0.3, 0.4) is 0 Å². The SMILES string of the molecule is Cc1nn(C)c(C)c1-c1cc(C(=O)Nc2ccccc2Cl)[nH]n1. The van der Waals surface area contributed by atoms with Crippen molar-refractivity contribution in [3.63, 3.8) is 0 Å². The van der Waals surface area contributed by atoms with Gasteiger partial charge in [-0.3, -0.25) is 14.6 Å². The molecule has 0 aliphatic rings. The number of para-hydroxylation sites is 1. The summed E-state index contributed by atoms with van der Waals surface area (Å²) in [5.41, 5.74) is 4.41. The lowest BCUT2D eigenvalue weighted by Crippen LogP contribution is -2.12. The fraction of sp³-hybridized carbons (Fsp3) is 0.188. The Kier molecular flexibility index (Phi) is 3.92. The molecule has 0 saturated heterocycles. The second kappa shape index (κ2) is 5.89. The molecule has 2 aromatic heterocycles. The maximum atomic E-state index is 12.3. The fourth-order valence-electron chi connectivity index (χ4n) is 2.46. The Morgan fingerprint density at radius 2 is 2.04 bits per heavy atom. The minimum absolute atomic E-state index is 0.295. The first kappa shape index (κ1) is 15.3. The number of benzene rings is 1. The third kappa shape index (κ3) is 2.85. The highest BCUT2D eigenvalue weighted by Gasteiger charge is 2.17. The van der Waals surface area contributed by atoms with Gasteiger partial charge in [-0.25, -0.2) is 0 Å². The molecule has 0 spiro atoms. The summed E-state index contributed by atoms with van der Waals surface area (Å²) < 4.78 is 1.79. The van der Waals surface area contributed by atoms with Crippen molar-refractivity contribution in [2.24, 2.45) is 7.05 Å². The standard InChI is InChI=1S/C16H16ClN5O/c1-9-15(10(2)22(3)21-9)13-8-14(20-19-13)16(23)18-12-7-5-4-6-11(12)17/h4-8H,1-3H3,(H,18,23)(H,19,20). The lowest BCUT2D eigenvalue weighted by Gasteiger charge is -2.04. The van der Waals surface area contributed by atoms with E-state index in [1.807, 2.05) is 27.0 Å². The van der Waals surface area contributed by atoms with Crippen LogP contribution >= 0.6 is 11.6 Å². The molecule has 118 valence electrons. The van der Waals surface area contributed by atoms with Gasteiger partial charge in [-0.15, -0.1) is 0 Å². The maximum Gasteiger partial charge on any atom is 0.273 e. The van der Waals surface area contributed by atoms with Crippen molar-refractivity contribution < 1.29 is 4.79 Å². The minimum atomic E-state index is -0.295. The Labute approximate surface area is 138 Å². The molecule has 0 fully saturated rings. The molecule has 2 heterocycles. The molecule has 1 amide bonds. The quantitative estimate of drug-likeness (QED) is 0.773. The summed E-state index contributed by atoms with van der Waals surface area (Å²) in [7, 11) is 1.88. The Morgan fingerprint density at radius 3 is 2.70 bits per heavy atom. The van der Waals surface area contributed by atoms with Crippen molar-refractivity contribution in [3.8, 4) is 11.3 Å². The molecule has 0 aliphatic heterocycles. The third-order valence-electron chi connectivity index (χ3n) is 3.71. The number of aromatic nitrogens is 4. The van der Waals surface area contributed by atoms with E-state index in [1.165, 1.54) is 0 Å². The van der Waals surface area contributed by atoms with Crippen molar-refractivity contribution in [1.29, 1.82) is 0 Å². The molecular formula is C16H16ClN5O. The number of halogens is 1. The summed E-state index contributed by atoms with van der Waals surface area (Å²) in [5.74, 6) is -0.295. The summed E-state index contributed by atoms with van der Waals surface area (Å²) in [6, 6.07) is 8.79. The molecule has 3 rings (SSSR count). The number of carbonyl (C=O) groups is 1. The van der Waals surface area contributed by atoms with E-state index >= 15 is 0 Å². The first-order valence-corrected chi connectivity index (χ1v) is 7.47. The van der Waals surface area contributed by atoms with Crippen molar-refractivity contribution in [1.82, 2.24) is 20.0 Å². The third-order valence-corrected chi connectivity index (χ3v) is 4.04. The topological polar surface area (TPSA) is 75.6 Å². The summed E-state index contributed by atoms with van der Waals surface area (Å²) in [6.45, 7) is 3.88. The van der Waals surface area contributed by atoms with Gasteiger partial charge in [0.1, 0.15) is 5.69 Å². The van der Waals surface area contributed by atoms with E-state index in [0.29, 0.717) is 22.1 Å². The van der Waals surface area contributed by atoms with Crippen LogP contribution in [0.25, 0.3) is 11.3 Å². The highest BCUT2D eigenvalue weighted by molar-refractivity contribution is 6.33. The molecule has 0 saturated carbocycles. The van der Waals surface area contributed by atoms with Crippen molar-refractivity contribution in [3.05, 3.63) is 52.4 Å². The second-order valence-electron chi connectivity index (χ2n) is 5.27. The number of H-pyrrole nitrogens is 1. The molecular weight excluding hydrogens is 314 g/mol. The van der Waals surface area contributed by atoms with E-state index in [2.05, 4.69) is 20.6 Å². The van der Waals surface area contributed by atoms with Gasteiger partial charge >= 0.3 is 0 Å². The summed E-state index contributed by atoms with van der Waals surface area (Å²) in [5, 5.41) is 14.6. The van der Waals surface area contributed by atoms with Crippen LogP contribution < -0.4 is 5.32 Å². The van der Waals surface area contributed by atoms with Crippen LogP contribution in [0.4, 0.5) is 5.69 Å². The largest absolute Gasteiger partial charge is 0.319 e. The summed E-state index contributed by atoms with van der Waals surface area (Å²) >= 11 is 6.05. The number of hydrogen-bond donors (Lipinski definition) is 2. The Hall–Kier alpha value is -2.60. The number of rotatable bonds is 3. The molecule has 0 bridgehead atoms. The molecule has 1 aromatic carbocycles. The van der Waals surface area contributed by atoms with Crippen LogP contribution in [0, 0.1) is 13.8 Å². The van der Waals surface area contributed by atoms with Crippen molar-refractivity contribution in [2.75, 3.05) is 5.32 Å². The van der Waals surface area contributed by atoms with Gasteiger partial charge in [0.2, 0.25) is 0 Å². The first-order valence-electron chi connectivity index (χ1n) is 7.09. The van der Waals surface area contributed by atoms with Crippen LogP contribution in [0.2, 0.25) is 5.02 Å². The number of hydrogen-bond acceptors (Lipinski definition) is 3. The van der Waals surface area contributed by atoms with E-state index in [9.17, 15) is 4.79 Å². The zero-order valence-corrected chi connectivity index (χ0v) is 13.8. The normalized spacial score (nSPS) is 10.8. The summed E-state index contributed by atoms with van der Waals surface area (Å²) in [6.07, 6.45) is 0. The van der Waals surface area contributed by atoms with Crippen LogP contribution in [0.15, 0.2) is 30.3 Å². The smallest absolute Gasteiger partial charge is 0.273 e. The van der Waals surface area contributed by atoms with Crippen molar-refractivity contribution in [2.45, 2.75) is 13.8 Å². The van der Waals surface area contributed by atoms with Crippen LogP contribution in [-0.4, -0.2) is 25.9 Å². The second-order valence-corrected chi connectivity index (χ2v) is 5.68. The number of nitrogens with one attached hydrogen (secondary N) is 2. The van der Waals surface area contributed by atoms with Gasteiger partial charge in [-0.2, -0.15) is 10.2 Å². The number of amides is 1. The van der Waals surface area contributed by atoms with Gasteiger partial charge in [-0.1, -0.05) is 23.7 Å². The van der Waals surface area contributed by atoms with Crippen LogP contribution in [-0.2, 0) is 7.05 Å². The van der Waals surface area contributed by atoms with Crippen molar-refractivity contribution >= 4 is 23.2 Å². The number of carbonyl (C=O) groups excluding carboxylic acids is 1. The number of anilines is 1. The van der Waals surface area contributed by atoms with Gasteiger partial charge in [0.05, 0.1) is 22.1 Å². The number of nitrogens with zero attached hydrogens (tertiary/aromatic N) is 3. The van der Waals surface area contributed by atoms with Gasteiger partial charge in [0.25, 0.3) is 5.91 Å². The van der Waals surface area contributed by atoms with E-state index in [1.54, 1.807) is 28.9 Å². The molecule has 0 aliphatic carbocycles. The Morgan fingerprint density at radius 1 is 1.30 bits per heavy atom. The molecule has 7 heteroatoms. The molecule has 0 radical (unpaired) electrons. The average Bonchev–Trinajstić information content (AvgIpc) is 3.07. The van der Waals surface area contributed by atoms with Crippen LogP contribution in [0.1, 0.15) is 21.9 Å². The Balaban J connectivity index is 1.87. The number of aryl methyl sites for hydroxylation is 2. The van der Waals surface area contributed by atoms with Crippen LogP contribution in [0.5, 0.6) is 0 Å². The fourth-order valence-corrected chi connectivity index (χ4v) is 2.65. The average molecular weight is 330 g/mol. The van der Waals surface area contributed by atoms with E-state index < -0.39 is 0 Å². The highest BCUT2D eigenvalue weighted by Crippen LogP contribution is 2.26. The van der Waals surface area contributed by atoms with E-state index in [0.717, 1.165) is 17.0 Å². The van der Waals surface area contributed by atoms with Gasteiger partial charge in [0.15, 0.2) is 0 Å². The maximum absolute atomic E-state index is 12.3. The Bertz CT molecular complexity index is 880.